The van der Waals surface area contributed by atoms with Gasteiger partial charge in [0.1, 0.15) is 11.2 Å². The van der Waals surface area contributed by atoms with E-state index in [-0.39, 0.29) is 17.5 Å². The van der Waals surface area contributed by atoms with Crippen molar-refractivity contribution in [3.63, 3.8) is 0 Å². The quantitative estimate of drug-likeness (QED) is 0.437. The van der Waals surface area contributed by atoms with Gasteiger partial charge < -0.3 is 15.0 Å². The lowest BCUT2D eigenvalue weighted by molar-refractivity contribution is -0.122. The van der Waals surface area contributed by atoms with Crippen molar-refractivity contribution in [2.45, 2.75) is 44.7 Å². The van der Waals surface area contributed by atoms with Crippen LogP contribution in [0.1, 0.15) is 47.8 Å². The van der Waals surface area contributed by atoms with E-state index in [1.807, 2.05) is 83.8 Å². The molecular formula is C33H32N2O4. The van der Waals surface area contributed by atoms with Crippen LogP contribution in [0.3, 0.4) is 0 Å². The van der Waals surface area contributed by atoms with Crippen molar-refractivity contribution in [1.82, 2.24) is 0 Å². The lowest BCUT2D eigenvalue weighted by Crippen LogP contribution is -2.51. The fourth-order valence-electron chi connectivity index (χ4n) is 6.89. The third-order valence-corrected chi connectivity index (χ3v) is 8.42. The minimum absolute atomic E-state index is 0.152. The number of rotatable bonds is 6. The molecule has 0 radical (unpaired) electrons. The van der Waals surface area contributed by atoms with Gasteiger partial charge in [-0.1, -0.05) is 68.5 Å². The van der Waals surface area contributed by atoms with Crippen LogP contribution in [0.5, 0.6) is 5.75 Å². The minimum Gasteiger partial charge on any atom is -0.497 e. The molecule has 0 saturated carbocycles. The van der Waals surface area contributed by atoms with Gasteiger partial charge in [-0.25, -0.2) is 0 Å². The van der Waals surface area contributed by atoms with E-state index in [0.717, 1.165) is 28.8 Å². The van der Waals surface area contributed by atoms with E-state index in [9.17, 15) is 14.4 Å². The highest BCUT2D eigenvalue weighted by atomic mass is 16.5. The smallest absolute Gasteiger partial charge is 0.238 e. The average molecular weight is 521 g/mol. The van der Waals surface area contributed by atoms with Crippen molar-refractivity contribution in [1.29, 1.82) is 0 Å². The Hall–Kier alpha value is -4.19. The molecule has 3 aromatic rings. The largest absolute Gasteiger partial charge is 0.497 e. The van der Waals surface area contributed by atoms with E-state index in [2.05, 4.69) is 19.2 Å². The molecule has 3 heterocycles. The second-order valence-electron chi connectivity index (χ2n) is 11.2. The van der Waals surface area contributed by atoms with Gasteiger partial charge >= 0.3 is 0 Å². The second kappa shape index (κ2) is 9.23. The number of Topliss-reactive ketones (excluding diaryl/α,β-unsaturated/α-hetero) is 2. The van der Waals surface area contributed by atoms with Crippen molar-refractivity contribution in [2.24, 2.45) is 11.8 Å². The zero-order valence-electron chi connectivity index (χ0n) is 22.6. The minimum atomic E-state index is -1.27. The number of hydrogen-bond donors (Lipinski definition) is 1. The number of methoxy groups -OCH3 is 1. The Bertz CT molecular complexity index is 1520. The van der Waals surface area contributed by atoms with Crippen LogP contribution in [0.15, 0.2) is 72.8 Å². The van der Waals surface area contributed by atoms with Crippen LogP contribution in [0.4, 0.5) is 11.4 Å². The maximum Gasteiger partial charge on any atom is 0.238 e. The summed E-state index contributed by atoms with van der Waals surface area (Å²) < 4.78 is 5.44. The number of nitrogens with zero attached hydrogens (tertiary/aromatic N) is 1. The molecule has 6 rings (SSSR count). The van der Waals surface area contributed by atoms with E-state index in [1.165, 1.54) is 6.92 Å². The summed E-state index contributed by atoms with van der Waals surface area (Å²) in [7, 11) is 1.61. The second-order valence-corrected chi connectivity index (χ2v) is 11.2. The predicted octanol–water partition coefficient (Wildman–Crippen LogP) is 5.46. The van der Waals surface area contributed by atoms with Crippen molar-refractivity contribution >= 4 is 34.9 Å². The lowest BCUT2D eigenvalue weighted by atomic mass is 9.64. The summed E-state index contributed by atoms with van der Waals surface area (Å²) in [6.45, 7) is 5.84. The van der Waals surface area contributed by atoms with Crippen LogP contribution in [-0.4, -0.2) is 36.7 Å². The van der Waals surface area contributed by atoms with E-state index < -0.39 is 23.4 Å². The Morgan fingerprint density at radius 3 is 2.49 bits per heavy atom. The number of ketones is 2. The van der Waals surface area contributed by atoms with Gasteiger partial charge in [0.05, 0.1) is 25.1 Å². The average Bonchev–Trinajstić information content (AvgIpc) is 3.41. The molecule has 1 fully saturated rings. The van der Waals surface area contributed by atoms with Crippen LogP contribution in [0.25, 0.3) is 6.08 Å². The van der Waals surface area contributed by atoms with Crippen LogP contribution in [0, 0.1) is 11.8 Å². The Balaban J connectivity index is 1.57. The first-order valence-corrected chi connectivity index (χ1v) is 13.5. The first-order chi connectivity index (χ1) is 18.8. The fourth-order valence-corrected chi connectivity index (χ4v) is 6.89. The van der Waals surface area contributed by atoms with Gasteiger partial charge in [-0.05, 0) is 54.7 Å². The maximum atomic E-state index is 14.6. The summed E-state index contributed by atoms with van der Waals surface area (Å²) in [6.07, 6.45) is 4.85. The van der Waals surface area contributed by atoms with Crippen LogP contribution in [0.2, 0.25) is 0 Å². The van der Waals surface area contributed by atoms with E-state index in [0.29, 0.717) is 22.9 Å². The lowest BCUT2D eigenvalue weighted by Gasteiger charge is -2.37. The number of benzene rings is 3. The van der Waals surface area contributed by atoms with Gasteiger partial charge in [-0.3, -0.25) is 14.4 Å². The zero-order chi connectivity index (χ0) is 27.5. The van der Waals surface area contributed by atoms with Crippen LogP contribution >= 0.6 is 0 Å². The summed E-state index contributed by atoms with van der Waals surface area (Å²) in [5.74, 6) is -0.330. The van der Waals surface area contributed by atoms with Gasteiger partial charge in [0.25, 0.3) is 0 Å². The maximum absolute atomic E-state index is 14.6. The molecule has 1 spiro atoms. The molecule has 6 heteroatoms. The summed E-state index contributed by atoms with van der Waals surface area (Å²) >= 11 is 0. The molecule has 1 saturated heterocycles. The van der Waals surface area contributed by atoms with Gasteiger partial charge in [0.15, 0.2) is 11.6 Å². The van der Waals surface area contributed by atoms with Gasteiger partial charge in [-0.2, -0.15) is 0 Å². The predicted molar refractivity (Wildman–Crippen MR) is 152 cm³/mol. The SMILES string of the molecule is COc1ccc2c(c1)C=CC1N2C(C(C)=O)C(C(=O)c2ccc(CC(C)C)cc2)C12C(=O)Nc1ccccc12. The number of para-hydroxylation sites is 1. The highest BCUT2D eigenvalue weighted by molar-refractivity contribution is 6.16. The molecule has 4 unspecified atom stereocenters. The van der Waals surface area contributed by atoms with E-state index in [4.69, 9.17) is 4.74 Å². The number of hydrogen-bond acceptors (Lipinski definition) is 5. The van der Waals surface area contributed by atoms with Crippen molar-refractivity contribution in [3.8, 4) is 5.75 Å². The molecule has 4 atom stereocenters. The molecular weight excluding hydrogens is 488 g/mol. The van der Waals surface area contributed by atoms with Gasteiger partial charge in [0, 0.05) is 22.5 Å². The zero-order valence-corrected chi connectivity index (χ0v) is 22.6. The third-order valence-electron chi connectivity index (χ3n) is 8.42. The number of amides is 1. The molecule has 3 aromatic carbocycles. The monoisotopic (exact) mass is 520 g/mol. The number of carbonyl (C=O) groups is 3. The summed E-state index contributed by atoms with van der Waals surface area (Å²) in [5.41, 5.74) is 3.52. The standard InChI is InChI=1S/C33H32N2O4/c1-19(2)17-21-9-11-22(12-10-21)31(37)29-30(20(3)36)35-27-15-14-24(39-4)18-23(27)13-16-28(35)33(29)25-7-5-6-8-26(25)34-32(33)38/h5-16,18-19,28-30H,17H2,1-4H3,(H,34,38). The highest BCUT2D eigenvalue weighted by Gasteiger charge is 2.69. The summed E-state index contributed by atoms with van der Waals surface area (Å²) in [6, 6.07) is 19.5. The van der Waals surface area contributed by atoms with E-state index >= 15 is 0 Å². The molecule has 3 aliphatic rings. The molecule has 3 aliphatic heterocycles. The highest BCUT2D eigenvalue weighted by Crippen LogP contribution is 2.57. The Morgan fingerprint density at radius 2 is 1.79 bits per heavy atom. The molecule has 39 heavy (non-hydrogen) atoms. The molecule has 0 bridgehead atoms. The normalized spacial score (nSPS) is 24.4. The first kappa shape index (κ1) is 25.1. The molecule has 198 valence electrons. The first-order valence-electron chi connectivity index (χ1n) is 13.5. The third kappa shape index (κ3) is 3.65. The topological polar surface area (TPSA) is 75.7 Å². The number of nitrogens with one attached hydrogen (secondary N) is 1. The summed E-state index contributed by atoms with van der Waals surface area (Å²) in [5, 5.41) is 3.05. The Kier molecular flexibility index (Phi) is 5.94. The molecule has 6 nitrogen and oxygen atoms in total. The number of fused-ring (bicyclic) bond motifs is 6. The van der Waals surface area contributed by atoms with Gasteiger partial charge in [0.2, 0.25) is 5.91 Å². The van der Waals surface area contributed by atoms with E-state index in [1.54, 1.807) is 7.11 Å². The Morgan fingerprint density at radius 1 is 1.05 bits per heavy atom. The van der Waals surface area contributed by atoms with Crippen molar-refractivity contribution in [3.05, 3.63) is 95.1 Å². The molecule has 1 N–H and O–H groups in total. The van der Waals surface area contributed by atoms with Crippen molar-refractivity contribution < 1.29 is 19.1 Å². The number of ether oxygens (including phenoxy) is 1. The number of anilines is 2. The van der Waals surface area contributed by atoms with Crippen molar-refractivity contribution in [2.75, 3.05) is 17.3 Å². The Labute approximate surface area is 228 Å². The van der Waals surface area contributed by atoms with Crippen LogP contribution in [-0.2, 0) is 21.4 Å². The number of carbonyl (C=O) groups excluding carboxylic acids is 3. The molecule has 0 aliphatic carbocycles. The molecule has 1 amide bonds. The van der Waals surface area contributed by atoms with Crippen LogP contribution < -0.4 is 15.0 Å². The van der Waals surface area contributed by atoms with Gasteiger partial charge in [-0.15, -0.1) is 0 Å². The summed E-state index contributed by atoms with van der Waals surface area (Å²) in [4.78, 5) is 44.3. The fraction of sp³-hybridized carbons (Fsp3) is 0.303. The molecule has 0 aromatic heterocycles.